The third-order valence-corrected chi connectivity index (χ3v) is 2.40. The zero-order valence-electron chi connectivity index (χ0n) is 10.3. The van der Waals surface area contributed by atoms with Crippen LogP contribution in [0.2, 0.25) is 0 Å². The van der Waals surface area contributed by atoms with Crippen LogP contribution in [-0.4, -0.2) is 40.4 Å². The lowest BCUT2D eigenvalue weighted by molar-refractivity contribution is 0.0788. The lowest BCUT2D eigenvalue weighted by atomic mass is 10.2. The zero-order chi connectivity index (χ0) is 12.8. The van der Waals surface area contributed by atoms with Crippen LogP contribution in [0.1, 0.15) is 19.4 Å². The Morgan fingerprint density at radius 2 is 1.65 bits per heavy atom. The molecule has 96 valence electrons. The third kappa shape index (κ3) is 5.26. The van der Waals surface area contributed by atoms with Crippen molar-refractivity contribution in [1.82, 2.24) is 4.90 Å². The number of halogens is 1. The van der Waals surface area contributed by atoms with Gasteiger partial charge in [0, 0.05) is 25.2 Å². The molecule has 0 saturated carbocycles. The van der Waals surface area contributed by atoms with E-state index in [1.807, 2.05) is 4.90 Å². The Labute approximate surface area is 101 Å². The Morgan fingerprint density at radius 1 is 1.12 bits per heavy atom. The van der Waals surface area contributed by atoms with Crippen LogP contribution in [-0.2, 0) is 6.54 Å². The molecule has 0 aromatic heterocycles. The lowest BCUT2D eigenvalue weighted by Gasteiger charge is -2.25. The van der Waals surface area contributed by atoms with E-state index in [4.69, 9.17) is 0 Å². The summed E-state index contributed by atoms with van der Waals surface area (Å²) < 4.78 is 13.5. The first-order valence-electron chi connectivity index (χ1n) is 5.81. The van der Waals surface area contributed by atoms with E-state index >= 15 is 0 Å². The van der Waals surface area contributed by atoms with Crippen molar-refractivity contribution in [2.45, 2.75) is 32.6 Å². The van der Waals surface area contributed by atoms with Crippen molar-refractivity contribution in [1.29, 1.82) is 0 Å². The molecule has 2 N–H and O–H groups in total. The summed E-state index contributed by atoms with van der Waals surface area (Å²) in [5.41, 5.74) is 0.578. The maximum atomic E-state index is 13.5. The Kier molecular flexibility index (Phi) is 5.55. The number of hydrogen-bond donors (Lipinski definition) is 2. The first-order chi connectivity index (χ1) is 7.99. The van der Waals surface area contributed by atoms with Crippen LogP contribution < -0.4 is 0 Å². The standard InChI is InChI=1S/C13H20FNO2/c1-10(16)7-15(8-11(2)17)9-12-5-3-4-6-13(12)14/h3-6,10-11,16-17H,7-9H2,1-2H3. The number of aliphatic hydroxyl groups is 2. The molecular formula is C13H20FNO2. The zero-order valence-corrected chi connectivity index (χ0v) is 10.3. The van der Waals surface area contributed by atoms with Crippen LogP contribution >= 0.6 is 0 Å². The predicted molar refractivity (Wildman–Crippen MR) is 65.0 cm³/mol. The highest BCUT2D eigenvalue weighted by Crippen LogP contribution is 2.10. The predicted octanol–water partition coefficient (Wildman–Crippen LogP) is 1.39. The van der Waals surface area contributed by atoms with Crippen LogP contribution in [0.4, 0.5) is 4.39 Å². The van der Waals surface area contributed by atoms with Crippen molar-refractivity contribution in [3.05, 3.63) is 35.6 Å². The van der Waals surface area contributed by atoms with E-state index in [2.05, 4.69) is 0 Å². The Balaban J connectivity index is 2.68. The van der Waals surface area contributed by atoms with E-state index in [0.717, 1.165) is 0 Å². The molecule has 2 unspecified atom stereocenters. The Hall–Kier alpha value is -0.970. The van der Waals surface area contributed by atoms with Gasteiger partial charge in [-0.1, -0.05) is 18.2 Å². The molecule has 0 aliphatic carbocycles. The highest BCUT2D eigenvalue weighted by Gasteiger charge is 2.13. The fourth-order valence-corrected chi connectivity index (χ4v) is 1.82. The minimum Gasteiger partial charge on any atom is -0.392 e. The maximum absolute atomic E-state index is 13.5. The summed E-state index contributed by atoms with van der Waals surface area (Å²) in [5.74, 6) is -0.256. The summed E-state index contributed by atoms with van der Waals surface area (Å²) in [5, 5.41) is 18.7. The fraction of sp³-hybridized carbons (Fsp3) is 0.538. The molecule has 0 aliphatic rings. The summed E-state index contributed by atoms with van der Waals surface area (Å²) in [6, 6.07) is 6.55. The normalized spacial score (nSPS) is 14.9. The van der Waals surface area contributed by atoms with Gasteiger partial charge in [-0.15, -0.1) is 0 Å². The summed E-state index contributed by atoms with van der Waals surface area (Å²) in [7, 11) is 0. The summed E-state index contributed by atoms with van der Waals surface area (Å²) in [6.45, 7) is 4.58. The van der Waals surface area contributed by atoms with Gasteiger partial charge < -0.3 is 10.2 Å². The first-order valence-corrected chi connectivity index (χ1v) is 5.81. The van der Waals surface area contributed by atoms with Crippen LogP contribution in [0.25, 0.3) is 0 Å². The van der Waals surface area contributed by atoms with Gasteiger partial charge in [-0.2, -0.15) is 0 Å². The second-order valence-corrected chi connectivity index (χ2v) is 4.48. The van der Waals surface area contributed by atoms with Gasteiger partial charge >= 0.3 is 0 Å². The average Bonchev–Trinajstić information content (AvgIpc) is 2.19. The smallest absolute Gasteiger partial charge is 0.127 e. The molecule has 17 heavy (non-hydrogen) atoms. The largest absolute Gasteiger partial charge is 0.392 e. The van der Waals surface area contributed by atoms with Gasteiger partial charge in [-0.3, -0.25) is 4.90 Å². The summed E-state index contributed by atoms with van der Waals surface area (Å²) in [6.07, 6.45) is -0.999. The van der Waals surface area contributed by atoms with E-state index < -0.39 is 12.2 Å². The van der Waals surface area contributed by atoms with Gasteiger partial charge in [-0.25, -0.2) is 4.39 Å². The van der Waals surface area contributed by atoms with Crippen LogP contribution in [0.15, 0.2) is 24.3 Å². The monoisotopic (exact) mass is 241 g/mol. The molecule has 2 atom stereocenters. The van der Waals surface area contributed by atoms with Crippen molar-refractivity contribution in [2.24, 2.45) is 0 Å². The van der Waals surface area contributed by atoms with Gasteiger partial charge in [0.1, 0.15) is 5.82 Å². The van der Waals surface area contributed by atoms with E-state index in [9.17, 15) is 14.6 Å². The SMILES string of the molecule is CC(O)CN(Cc1ccccc1F)CC(C)O. The fourth-order valence-electron chi connectivity index (χ4n) is 1.82. The quantitative estimate of drug-likeness (QED) is 0.791. The van der Waals surface area contributed by atoms with E-state index in [1.54, 1.807) is 32.0 Å². The summed E-state index contributed by atoms with van der Waals surface area (Å²) >= 11 is 0. The number of rotatable bonds is 6. The van der Waals surface area contributed by atoms with E-state index in [-0.39, 0.29) is 5.82 Å². The highest BCUT2D eigenvalue weighted by atomic mass is 19.1. The lowest BCUT2D eigenvalue weighted by Crippen LogP contribution is -2.36. The highest BCUT2D eigenvalue weighted by molar-refractivity contribution is 5.17. The molecule has 1 rings (SSSR count). The van der Waals surface area contributed by atoms with E-state index in [0.29, 0.717) is 25.2 Å². The number of nitrogens with zero attached hydrogens (tertiary/aromatic N) is 1. The van der Waals surface area contributed by atoms with Gasteiger partial charge in [0.15, 0.2) is 0 Å². The molecule has 1 aromatic rings. The minimum absolute atomic E-state index is 0.256. The molecule has 1 aromatic carbocycles. The molecule has 0 spiro atoms. The van der Waals surface area contributed by atoms with Crippen LogP contribution in [0.3, 0.4) is 0 Å². The number of hydrogen-bond acceptors (Lipinski definition) is 3. The molecule has 0 aliphatic heterocycles. The van der Waals surface area contributed by atoms with Gasteiger partial charge in [0.05, 0.1) is 12.2 Å². The topological polar surface area (TPSA) is 43.7 Å². The minimum atomic E-state index is -0.500. The van der Waals surface area contributed by atoms with Crippen molar-refractivity contribution in [3.8, 4) is 0 Å². The molecule has 0 heterocycles. The molecule has 0 amide bonds. The average molecular weight is 241 g/mol. The Bertz CT molecular complexity index is 332. The van der Waals surface area contributed by atoms with Gasteiger partial charge in [0.2, 0.25) is 0 Å². The Morgan fingerprint density at radius 3 is 2.12 bits per heavy atom. The van der Waals surface area contributed by atoms with Crippen molar-refractivity contribution >= 4 is 0 Å². The van der Waals surface area contributed by atoms with Gasteiger partial charge in [0.25, 0.3) is 0 Å². The van der Waals surface area contributed by atoms with Crippen LogP contribution in [0.5, 0.6) is 0 Å². The summed E-state index contributed by atoms with van der Waals surface area (Å²) in [4.78, 5) is 1.84. The van der Waals surface area contributed by atoms with Crippen molar-refractivity contribution in [2.75, 3.05) is 13.1 Å². The van der Waals surface area contributed by atoms with Crippen LogP contribution in [0, 0.1) is 5.82 Å². The van der Waals surface area contributed by atoms with Crippen molar-refractivity contribution < 1.29 is 14.6 Å². The maximum Gasteiger partial charge on any atom is 0.127 e. The first kappa shape index (κ1) is 14.1. The number of benzene rings is 1. The van der Waals surface area contributed by atoms with Gasteiger partial charge in [-0.05, 0) is 19.9 Å². The number of aliphatic hydroxyl groups excluding tert-OH is 2. The third-order valence-electron chi connectivity index (χ3n) is 2.40. The molecule has 0 radical (unpaired) electrons. The molecule has 0 fully saturated rings. The molecular weight excluding hydrogens is 221 g/mol. The molecule has 3 nitrogen and oxygen atoms in total. The second-order valence-electron chi connectivity index (χ2n) is 4.48. The molecule has 4 heteroatoms. The second kappa shape index (κ2) is 6.69. The molecule has 0 bridgehead atoms. The molecule has 0 saturated heterocycles. The van der Waals surface area contributed by atoms with Crippen molar-refractivity contribution in [3.63, 3.8) is 0 Å². The van der Waals surface area contributed by atoms with E-state index in [1.165, 1.54) is 6.07 Å².